The van der Waals surface area contributed by atoms with Gasteiger partial charge in [-0.2, -0.15) is 0 Å². The Morgan fingerprint density at radius 1 is 1.48 bits per heavy atom. The van der Waals surface area contributed by atoms with Crippen LogP contribution in [0.2, 0.25) is 0 Å². The lowest BCUT2D eigenvalue weighted by Crippen LogP contribution is -2.10. The zero-order valence-electron chi connectivity index (χ0n) is 12.2. The predicted molar refractivity (Wildman–Crippen MR) is 83.5 cm³/mol. The number of nitrogens with zero attached hydrogens (tertiary/aromatic N) is 3. The Balaban J connectivity index is 1.80. The van der Waals surface area contributed by atoms with Gasteiger partial charge < -0.3 is 10.4 Å². The van der Waals surface area contributed by atoms with Crippen molar-refractivity contribution in [2.24, 2.45) is 0 Å². The zero-order chi connectivity index (χ0) is 16.2. The van der Waals surface area contributed by atoms with E-state index >= 15 is 0 Å². The number of pyridine rings is 1. The maximum absolute atomic E-state index is 13.0. The lowest BCUT2D eigenvalue weighted by molar-refractivity contribution is 0.0698. The van der Waals surface area contributed by atoms with Gasteiger partial charge in [-0.15, -0.1) is 5.10 Å². The van der Waals surface area contributed by atoms with Crippen LogP contribution in [0.4, 0.5) is 10.2 Å². The first-order valence-electron chi connectivity index (χ1n) is 7.13. The fraction of sp³-hybridized carbons (Fsp3) is 0.188. The molecular weight excluding hydrogens is 299 g/mol. The standard InChI is InChI=1S/C16H15FN4O2/c17-12-6-4-11(5-7-12)9-19-15-13(16(22)23)10-21(20-15)14-3-1-2-8-18-14/h1-6,8,10,12H,7,9H2,(H,19,20)(H,22,23). The van der Waals surface area contributed by atoms with Crippen LogP contribution in [0, 0.1) is 0 Å². The molecule has 0 fully saturated rings. The Hall–Kier alpha value is -2.96. The first kappa shape index (κ1) is 15.0. The molecule has 0 saturated carbocycles. The molecule has 6 nitrogen and oxygen atoms in total. The average Bonchev–Trinajstić information content (AvgIpc) is 3.00. The van der Waals surface area contributed by atoms with Crippen molar-refractivity contribution in [2.45, 2.75) is 12.6 Å². The van der Waals surface area contributed by atoms with Crippen molar-refractivity contribution in [3.05, 3.63) is 60.0 Å². The van der Waals surface area contributed by atoms with E-state index < -0.39 is 12.1 Å². The van der Waals surface area contributed by atoms with Crippen molar-refractivity contribution in [2.75, 3.05) is 11.9 Å². The molecule has 23 heavy (non-hydrogen) atoms. The minimum absolute atomic E-state index is 0.0550. The molecule has 2 heterocycles. The summed E-state index contributed by atoms with van der Waals surface area (Å²) < 4.78 is 14.4. The topological polar surface area (TPSA) is 80.0 Å². The summed E-state index contributed by atoms with van der Waals surface area (Å²) in [7, 11) is 0. The number of alkyl halides is 1. The van der Waals surface area contributed by atoms with E-state index in [0.29, 0.717) is 18.8 Å². The molecule has 0 radical (unpaired) electrons. The van der Waals surface area contributed by atoms with E-state index in [1.165, 1.54) is 17.0 Å². The molecule has 0 saturated heterocycles. The third-order valence-electron chi connectivity index (χ3n) is 3.41. The summed E-state index contributed by atoms with van der Waals surface area (Å²) in [6.45, 7) is 0.378. The van der Waals surface area contributed by atoms with E-state index in [2.05, 4.69) is 15.4 Å². The summed E-state index contributed by atoms with van der Waals surface area (Å²) in [5, 5.41) is 16.5. The summed E-state index contributed by atoms with van der Waals surface area (Å²) >= 11 is 0. The van der Waals surface area contributed by atoms with Gasteiger partial charge in [0.05, 0.1) is 0 Å². The largest absolute Gasteiger partial charge is 0.477 e. The van der Waals surface area contributed by atoms with Gasteiger partial charge in [-0.3, -0.25) is 0 Å². The van der Waals surface area contributed by atoms with Crippen molar-refractivity contribution in [3.8, 4) is 5.82 Å². The molecule has 3 rings (SSSR count). The number of nitrogens with one attached hydrogen (secondary N) is 1. The van der Waals surface area contributed by atoms with Gasteiger partial charge in [0, 0.05) is 25.4 Å². The molecular formula is C16H15FN4O2. The molecule has 0 amide bonds. The number of halogens is 1. The van der Waals surface area contributed by atoms with Crippen molar-refractivity contribution >= 4 is 11.8 Å². The summed E-state index contributed by atoms with van der Waals surface area (Å²) in [4.78, 5) is 15.5. The van der Waals surface area contributed by atoms with Crippen LogP contribution < -0.4 is 5.32 Å². The molecule has 2 N–H and O–H groups in total. The molecule has 1 unspecified atom stereocenters. The molecule has 0 aliphatic heterocycles. The highest BCUT2D eigenvalue weighted by Gasteiger charge is 2.17. The van der Waals surface area contributed by atoms with Crippen LogP contribution in [0.15, 0.2) is 54.4 Å². The van der Waals surface area contributed by atoms with E-state index in [0.717, 1.165) is 5.57 Å². The van der Waals surface area contributed by atoms with Crippen molar-refractivity contribution in [1.82, 2.24) is 14.8 Å². The highest BCUT2D eigenvalue weighted by atomic mass is 19.1. The fourth-order valence-corrected chi connectivity index (χ4v) is 2.22. The smallest absolute Gasteiger partial charge is 0.341 e. The number of aromatic carboxylic acids is 1. The quantitative estimate of drug-likeness (QED) is 0.887. The van der Waals surface area contributed by atoms with Crippen LogP contribution >= 0.6 is 0 Å². The molecule has 1 atom stereocenters. The van der Waals surface area contributed by atoms with Gasteiger partial charge in [0.2, 0.25) is 0 Å². The summed E-state index contributed by atoms with van der Waals surface area (Å²) in [5.74, 6) is -0.299. The minimum Gasteiger partial charge on any atom is -0.477 e. The molecule has 2 aromatic heterocycles. The fourth-order valence-electron chi connectivity index (χ4n) is 2.22. The maximum atomic E-state index is 13.0. The summed E-state index contributed by atoms with van der Waals surface area (Å²) in [6.07, 6.45) is 7.37. The first-order chi connectivity index (χ1) is 11.1. The van der Waals surface area contributed by atoms with E-state index in [4.69, 9.17) is 0 Å². The second kappa shape index (κ2) is 6.43. The maximum Gasteiger partial charge on any atom is 0.341 e. The molecule has 7 heteroatoms. The number of rotatable bonds is 5. The van der Waals surface area contributed by atoms with E-state index in [1.54, 1.807) is 36.5 Å². The number of carboxylic acids is 1. The predicted octanol–water partition coefficient (Wildman–Crippen LogP) is 2.60. The van der Waals surface area contributed by atoms with Crippen molar-refractivity contribution in [3.63, 3.8) is 0 Å². The van der Waals surface area contributed by atoms with Gasteiger partial charge in [0.25, 0.3) is 0 Å². The molecule has 2 aromatic rings. The Bertz CT molecular complexity index is 768. The highest BCUT2D eigenvalue weighted by molar-refractivity contribution is 5.93. The third kappa shape index (κ3) is 3.45. The number of carbonyl (C=O) groups is 1. The first-order valence-corrected chi connectivity index (χ1v) is 7.13. The Morgan fingerprint density at radius 3 is 3.00 bits per heavy atom. The van der Waals surface area contributed by atoms with Crippen LogP contribution in [-0.4, -0.2) is 38.6 Å². The minimum atomic E-state index is -1.08. The van der Waals surface area contributed by atoms with Gasteiger partial charge in [0.1, 0.15) is 11.7 Å². The Labute approximate surface area is 132 Å². The van der Waals surface area contributed by atoms with Gasteiger partial charge in [-0.05, 0) is 17.7 Å². The third-order valence-corrected chi connectivity index (χ3v) is 3.41. The highest BCUT2D eigenvalue weighted by Crippen LogP contribution is 2.18. The lowest BCUT2D eigenvalue weighted by atomic mass is 10.1. The van der Waals surface area contributed by atoms with E-state index in [9.17, 15) is 14.3 Å². The second-order valence-electron chi connectivity index (χ2n) is 5.07. The normalized spacial score (nSPS) is 16.9. The van der Waals surface area contributed by atoms with Crippen LogP contribution in [0.5, 0.6) is 0 Å². The van der Waals surface area contributed by atoms with Crippen LogP contribution in [-0.2, 0) is 0 Å². The van der Waals surface area contributed by atoms with Gasteiger partial charge in [0.15, 0.2) is 11.6 Å². The monoisotopic (exact) mass is 314 g/mol. The van der Waals surface area contributed by atoms with Crippen LogP contribution in [0.1, 0.15) is 16.8 Å². The number of aromatic nitrogens is 3. The molecule has 118 valence electrons. The van der Waals surface area contributed by atoms with Crippen LogP contribution in [0.25, 0.3) is 5.82 Å². The molecule has 1 aliphatic carbocycles. The van der Waals surface area contributed by atoms with Crippen LogP contribution in [0.3, 0.4) is 0 Å². The van der Waals surface area contributed by atoms with E-state index in [1.807, 2.05) is 0 Å². The molecule has 1 aliphatic rings. The second-order valence-corrected chi connectivity index (χ2v) is 5.07. The summed E-state index contributed by atoms with van der Waals surface area (Å²) in [5.41, 5.74) is 0.946. The molecule has 0 bridgehead atoms. The Kier molecular flexibility index (Phi) is 4.18. The lowest BCUT2D eigenvalue weighted by Gasteiger charge is -2.10. The summed E-state index contributed by atoms with van der Waals surface area (Å²) in [6, 6.07) is 5.29. The average molecular weight is 314 g/mol. The number of hydrogen-bond acceptors (Lipinski definition) is 4. The van der Waals surface area contributed by atoms with Crippen molar-refractivity contribution in [1.29, 1.82) is 0 Å². The molecule has 0 spiro atoms. The SMILES string of the molecule is O=C(O)c1cn(-c2ccccn2)nc1NCC1=CCC(F)C=C1. The Morgan fingerprint density at radius 2 is 2.35 bits per heavy atom. The number of allylic oxidation sites excluding steroid dienone is 2. The van der Waals surface area contributed by atoms with E-state index in [-0.39, 0.29) is 11.4 Å². The number of hydrogen-bond donors (Lipinski definition) is 2. The zero-order valence-corrected chi connectivity index (χ0v) is 12.2. The van der Waals surface area contributed by atoms with Crippen molar-refractivity contribution < 1.29 is 14.3 Å². The number of carboxylic acid groups (broad SMARTS) is 1. The number of anilines is 1. The van der Waals surface area contributed by atoms with Gasteiger partial charge >= 0.3 is 5.97 Å². The molecule has 0 aromatic carbocycles. The van der Waals surface area contributed by atoms with Gasteiger partial charge in [-0.1, -0.05) is 24.3 Å². The van der Waals surface area contributed by atoms with Gasteiger partial charge in [-0.25, -0.2) is 18.9 Å².